The Balaban J connectivity index is 1.59. The summed E-state index contributed by atoms with van der Waals surface area (Å²) in [7, 11) is 0. The molecule has 1 aromatic carbocycles. The van der Waals surface area contributed by atoms with Crippen molar-refractivity contribution in [3.63, 3.8) is 0 Å². The second-order valence-electron chi connectivity index (χ2n) is 6.67. The lowest BCUT2D eigenvalue weighted by atomic mass is 10.1. The van der Waals surface area contributed by atoms with Gasteiger partial charge in [0.2, 0.25) is 11.8 Å². The highest BCUT2D eigenvalue weighted by atomic mass is 16.5. The third kappa shape index (κ3) is 4.65. The van der Waals surface area contributed by atoms with Crippen LogP contribution in [0.3, 0.4) is 0 Å². The zero-order valence-electron chi connectivity index (χ0n) is 14.8. The SMILES string of the molecule is CC(NC(=O)CN1CCCCCC1=O)c1ccc2c(c1)OCCCO2. The van der Waals surface area contributed by atoms with E-state index in [1.54, 1.807) is 4.90 Å². The Morgan fingerprint density at radius 3 is 2.80 bits per heavy atom. The molecule has 1 saturated heterocycles. The van der Waals surface area contributed by atoms with Crippen LogP contribution in [0.15, 0.2) is 18.2 Å². The summed E-state index contributed by atoms with van der Waals surface area (Å²) in [5.74, 6) is 1.42. The summed E-state index contributed by atoms with van der Waals surface area (Å²) in [6.45, 7) is 4.02. The smallest absolute Gasteiger partial charge is 0.240 e. The Kier molecular flexibility index (Phi) is 5.79. The van der Waals surface area contributed by atoms with Crippen molar-refractivity contribution in [2.24, 2.45) is 0 Å². The molecule has 2 aliphatic rings. The van der Waals surface area contributed by atoms with Crippen LogP contribution >= 0.6 is 0 Å². The number of hydrogen-bond acceptors (Lipinski definition) is 4. The molecule has 0 bridgehead atoms. The van der Waals surface area contributed by atoms with Crippen LogP contribution in [-0.2, 0) is 9.59 Å². The summed E-state index contributed by atoms with van der Waals surface area (Å²) in [5, 5.41) is 2.98. The molecule has 1 atom stereocenters. The van der Waals surface area contributed by atoms with Crippen molar-refractivity contribution in [2.45, 2.75) is 45.1 Å². The average Bonchev–Trinajstić information content (AvgIpc) is 2.95. The Bertz CT molecular complexity index is 632. The number of ether oxygens (including phenoxy) is 2. The van der Waals surface area contributed by atoms with Crippen LogP contribution < -0.4 is 14.8 Å². The van der Waals surface area contributed by atoms with Gasteiger partial charge in [0.05, 0.1) is 25.8 Å². The monoisotopic (exact) mass is 346 g/mol. The van der Waals surface area contributed by atoms with Gasteiger partial charge in [-0.25, -0.2) is 0 Å². The first-order chi connectivity index (χ1) is 12.1. The summed E-state index contributed by atoms with van der Waals surface area (Å²) >= 11 is 0. The van der Waals surface area contributed by atoms with Gasteiger partial charge in [0.1, 0.15) is 0 Å². The molecule has 1 fully saturated rings. The summed E-state index contributed by atoms with van der Waals surface area (Å²) < 4.78 is 11.3. The molecule has 6 heteroatoms. The van der Waals surface area contributed by atoms with Crippen molar-refractivity contribution in [1.29, 1.82) is 0 Å². The van der Waals surface area contributed by atoms with Gasteiger partial charge in [-0.2, -0.15) is 0 Å². The van der Waals surface area contributed by atoms with Crippen molar-refractivity contribution >= 4 is 11.8 Å². The predicted molar refractivity (Wildman–Crippen MR) is 93.7 cm³/mol. The summed E-state index contributed by atoms with van der Waals surface area (Å²) in [6.07, 6.45) is 4.35. The molecule has 0 saturated carbocycles. The Morgan fingerprint density at radius 1 is 1.16 bits per heavy atom. The minimum Gasteiger partial charge on any atom is -0.490 e. The number of likely N-dealkylation sites (tertiary alicyclic amines) is 1. The molecule has 0 spiro atoms. The lowest BCUT2D eigenvalue weighted by molar-refractivity contribution is -0.135. The molecule has 6 nitrogen and oxygen atoms in total. The largest absolute Gasteiger partial charge is 0.490 e. The van der Waals surface area contributed by atoms with E-state index in [-0.39, 0.29) is 24.4 Å². The Labute approximate surface area is 148 Å². The minimum atomic E-state index is -0.160. The molecule has 25 heavy (non-hydrogen) atoms. The van der Waals surface area contributed by atoms with Crippen LogP contribution in [0.5, 0.6) is 11.5 Å². The molecule has 3 rings (SSSR count). The maximum Gasteiger partial charge on any atom is 0.240 e. The van der Waals surface area contributed by atoms with Gasteiger partial charge in [-0.3, -0.25) is 9.59 Å². The number of benzene rings is 1. The van der Waals surface area contributed by atoms with Crippen molar-refractivity contribution in [3.05, 3.63) is 23.8 Å². The van der Waals surface area contributed by atoms with E-state index in [2.05, 4.69) is 5.32 Å². The van der Waals surface area contributed by atoms with Gasteiger partial charge in [0.15, 0.2) is 11.5 Å². The van der Waals surface area contributed by atoms with E-state index >= 15 is 0 Å². The van der Waals surface area contributed by atoms with Crippen LogP contribution in [0.1, 0.15) is 50.6 Å². The zero-order chi connectivity index (χ0) is 17.6. The van der Waals surface area contributed by atoms with Gasteiger partial charge in [0.25, 0.3) is 0 Å². The summed E-state index contributed by atoms with van der Waals surface area (Å²) in [5.41, 5.74) is 0.958. The molecular formula is C19H26N2O4. The van der Waals surface area contributed by atoms with E-state index in [0.29, 0.717) is 26.2 Å². The maximum atomic E-state index is 12.3. The molecule has 1 aromatic rings. The Morgan fingerprint density at radius 2 is 1.96 bits per heavy atom. The number of amides is 2. The highest BCUT2D eigenvalue weighted by Gasteiger charge is 2.21. The van der Waals surface area contributed by atoms with E-state index in [9.17, 15) is 9.59 Å². The number of carbonyl (C=O) groups is 2. The van der Waals surface area contributed by atoms with E-state index in [4.69, 9.17) is 9.47 Å². The second-order valence-corrected chi connectivity index (χ2v) is 6.67. The molecule has 1 N–H and O–H groups in total. The van der Waals surface area contributed by atoms with Gasteiger partial charge in [0, 0.05) is 19.4 Å². The lowest BCUT2D eigenvalue weighted by Crippen LogP contribution is -2.41. The number of carbonyl (C=O) groups excluding carboxylic acids is 2. The first-order valence-corrected chi connectivity index (χ1v) is 9.10. The number of nitrogens with one attached hydrogen (secondary N) is 1. The predicted octanol–water partition coefficient (Wildman–Crippen LogP) is 2.43. The van der Waals surface area contributed by atoms with Gasteiger partial charge in [-0.1, -0.05) is 12.5 Å². The molecule has 136 valence electrons. The summed E-state index contributed by atoms with van der Waals surface area (Å²) in [4.78, 5) is 26.0. The standard InChI is InChI=1S/C19H26N2O4/c1-14(15-7-8-16-17(12-15)25-11-5-10-24-16)20-18(22)13-21-9-4-2-3-6-19(21)23/h7-8,12,14H,2-6,9-11,13H2,1H3,(H,20,22). The third-order valence-electron chi connectivity index (χ3n) is 4.65. The first-order valence-electron chi connectivity index (χ1n) is 9.10. The number of rotatable bonds is 4. The fourth-order valence-electron chi connectivity index (χ4n) is 3.20. The molecule has 0 radical (unpaired) electrons. The highest BCUT2D eigenvalue weighted by Crippen LogP contribution is 2.32. The molecular weight excluding hydrogens is 320 g/mol. The fourth-order valence-corrected chi connectivity index (χ4v) is 3.20. The van der Waals surface area contributed by atoms with Gasteiger partial charge < -0.3 is 19.7 Å². The van der Waals surface area contributed by atoms with Gasteiger partial charge in [-0.15, -0.1) is 0 Å². The minimum absolute atomic E-state index is 0.0795. The second kappa shape index (κ2) is 8.23. The van der Waals surface area contributed by atoms with Crippen LogP contribution in [0.2, 0.25) is 0 Å². The summed E-state index contributed by atoms with van der Waals surface area (Å²) in [6, 6.07) is 5.58. The van der Waals surface area contributed by atoms with Crippen LogP contribution in [-0.4, -0.2) is 43.0 Å². The molecule has 2 amide bonds. The topological polar surface area (TPSA) is 67.9 Å². The van der Waals surface area contributed by atoms with Crippen molar-refractivity contribution in [1.82, 2.24) is 10.2 Å². The molecule has 0 aromatic heterocycles. The normalized spacial score (nSPS) is 18.9. The van der Waals surface area contributed by atoms with Crippen molar-refractivity contribution < 1.29 is 19.1 Å². The first kappa shape index (κ1) is 17.6. The van der Waals surface area contributed by atoms with Crippen LogP contribution in [0.25, 0.3) is 0 Å². The zero-order valence-corrected chi connectivity index (χ0v) is 14.8. The molecule has 2 heterocycles. The number of hydrogen-bond donors (Lipinski definition) is 1. The van der Waals surface area contributed by atoms with Gasteiger partial charge >= 0.3 is 0 Å². The van der Waals surface area contributed by atoms with Crippen LogP contribution in [0.4, 0.5) is 0 Å². The molecule has 2 aliphatic heterocycles. The van der Waals surface area contributed by atoms with E-state index in [0.717, 1.165) is 42.7 Å². The molecule has 0 aliphatic carbocycles. The van der Waals surface area contributed by atoms with Crippen molar-refractivity contribution in [2.75, 3.05) is 26.3 Å². The highest BCUT2D eigenvalue weighted by molar-refractivity contribution is 5.85. The van der Waals surface area contributed by atoms with Crippen molar-refractivity contribution in [3.8, 4) is 11.5 Å². The number of nitrogens with zero attached hydrogens (tertiary/aromatic N) is 1. The quantitative estimate of drug-likeness (QED) is 0.909. The number of fused-ring (bicyclic) bond motifs is 1. The fraction of sp³-hybridized carbons (Fsp3) is 0.579. The van der Waals surface area contributed by atoms with E-state index in [1.165, 1.54) is 0 Å². The van der Waals surface area contributed by atoms with E-state index < -0.39 is 0 Å². The van der Waals surface area contributed by atoms with E-state index in [1.807, 2.05) is 25.1 Å². The van der Waals surface area contributed by atoms with Crippen LogP contribution in [0, 0.1) is 0 Å². The lowest BCUT2D eigenvalue weighted by Gasteiger charge is -2.22. The maximum absolute atomic E-state index is 12.3. The molecule has 1 unspecified atom stereocenters. The third-order valence-corrected chi connectivity index (χ3v) is 4.65. The van der Waals surface area contributed by atoms with Gasteiger partial charge in [-0.05, 0) is 37.5 Å². The Hall–Kier alpha value is -2.24. The average molecular weight is 346 g/mol.